The van der Waals surface area contributed by atoms with Gasteiger partial charge in [0.15, 0.2) is 0 Å². The number of hydrogen-bond acceptors (Lipinski definition) is 5. The van der Waals surface area contributed by atoms with Crippen LogP contribution < -0.4 is 0 Å². The second-order valence-electron chi connectivity index (χ2n) is 5.68. The van der Waals surface area contributed by atoms with Crippen molar-refractivity contribution in [3.63, 3.8) is 0 Å². The van der Waals surface area contributed by atoms with Crippen molar-refractivity contribution >= 4 is 56.2 Å². The number of esters is 1. The van der Waals surface area contributed by atoms with Gasteiger partial charge in [0.05, 0.1) is 21.3 Å². The summed E-state index contributed by atoms with van der Waals surface area (Å²) in [6.07, 6.45) is 3.05. The van der Waals surface area contributed by atoms with Crippen LogP contribution in [0.2, 0.25) is 5.02 Å². The van der Waals surface area contributed by atoms with Gasteiger partial charge in [-0.3, -0.25) is 0 Å². The van der Waals surface area contributed by atoms with Gasteiger partial charge in [-0.05, 0) is 36.4 Å². The Labute approximate surface area is 158 Å². The van der Waals surface area contributed by atoms with Gasteiger partial charge in [-0.15, -0.1) is 11.3 Å². The smallest absolute Gasteiger partial charge is 0.331 e. The number of thiazole rings is 1. The fourth-order valence-corrected chi connectivity index (χ4v) is 3.67. The largest absolute Gasteiger partial charge is 0.454 e. The first-order valence-electron chi connectivity index (χ1n) is 7.91. The van der Waals surface area contributed by atoms with Crippen LogP contribution in [-0.2, 0) is 23.2 Å². The summed E-state index contributed by atoms with van der Waals surface area (Å²) in [5.74, 6) is 0.221. The van der Waals surface area contributed by atoms with E-state index >= 15 is 0 Å². The summed E-state index contributed by atoms with van der Waals surface area (Å²) >= 11 is 7.51. The number of fused-ring (bicyclic) bond motifs is 2. The molecule has 0 unspecified atom stereocenters. The molecule has 26 heavy (non-hydrogen) atoms. The van der Waals surface area contributed by atoms with Crippen LogP contribution in [0, 0.1) is 0 Å². The molecule has 2 aromatic heterocycles. The highest BCUT2D eigenvalue weighted by molar-refractivity contribution is 7.19. The van der Waals surface area contributed by atoms with Crippen LogP contribution in [0.4, 0.5) is 0 Å². The summed E-state index contributed by atoms with van der Waals surface area (Å²) in [6, 6.07) is 13.3. The predicted octanol–water partition coefficient (Wildman–Crippen LogP) is 4.59. The van der Waals surface area contributed by atoms with Gasteiger partial charge in [-0.2, -0.15) is 0 Å². The average molecular weight is 384 g/mol. The third kappa shape index (κ3) is 3.34. The lowest BCUT2D eigenvalue weighted by Crippen LogP contribution is -2.05. The molecule has 0 spiro atoms. The number of imidazole rings is 1. The van der Waals surface area contributed by atoms with Crippen LogP contribution in [0.1, 0.15) is 10.8 Å². The van der Waals surface area contributed by atoms with E-state index in [1.807, 2.05) is 48.0 Å². The molecule has 0 N–H and O–H groups in total. The lowest BCUT2D eigenvalue weighted by molar-refractivity contribution is -0.139. The maximum atomic E-state index is 12.0. The Hall–Kier alpha value is -2.70. The zero-order valence-electron chi connectivity index (χ0n) is 13.8. The number of rotatable bonds is 4. The number of halogens is 1. The number of aryl methyl sites for hydroxylation is 1. The van der Waals surface area contributed by atoms with Gasteiger partial charge in [-0.25, -0.2) is 14.8 Å². The van der Waals surface area contributed by atoms with Crippen molar-refractivity contribution in [2.75, 3.05) is 0 Å². The first-order valence-corrected chi connectivity index (χ1v) is 9.11. The van der Waals surface area contributed by atoms with Crippen LogP contribution in [0.15, 0.2) is 48.5 Å². The number of carbonyl (C=O) groups is 1. The molecule has 0 bridgehead atoms. The van der Waals surface area contributed by atoms with E-state index in [2.05, 4.69) is 9.97 Å². The average Bonchev–Trinajstić information content (AvgIpc) is 3.18. The van der Waals surface area contributed by atoms with Crippen molar-refractivity contribution < 1.29 is 9.53 Å². The van der Waals surface area contributed by atoms with Crippen molar-refractivity contribution in [2.45, 2.75) is 6.61 Å². The number of hydrogen-bond donors (Lipinski definition) is 0. The SMILES string of the molecule is Cn1c(COC(=O)/C=C/c2nc3ccccc3s2)nc2cc(Cl)ccc21. The van der Waals surface area contributed by atoms with Crippen LogP contribution >= 0.6 is 22.9 Å². The van der Waals surface area contributed by atoms with Gasteiger partial charge in [0.2, 0.25) is 0 Å². The fraction of sp³-hybridized carbons (Fsp3) is 0.105. The Kier molecular flexibility index (Phi) is 4.44. The fourth-order valence-electron chi connectivity index (χ4n) is 2.64. The number of ether oxygens (including phenoxy) is 1. The minimum absolute atomic E-state index is 0.0891. The predicted molar refractivity (Wildman–Crippen MR) is 104 cm³/mol. The number of benzene rings is 2. The van der Waals surface area contributed by atoms with Crippen molar-refractivity contribution in [1.82, 2.24) is 14.5 Å². The van der Waals surface area contributed by atoms with E-state index in [4.69, 9.17) is 16.3 Å². The molecule has 0 aliphatic rings. The van der Waals surface area contributed by atoms with Crippen molar-refractivity contribution in [2.24, 2.45) is 7.05 Å². The van der Waals surface area contributed by atoms with E-state index in [0.29, 0.717) is 10.8 Å². The molecule has 5 nitrogen and oxygen atoms in total. The maximum absolute atomic E-state index is 12.0. The van der Waals surface area contributed by atoms with Crippen LogP contribution in [-0.4, -0.2) is 20.5 Å². The molecular weight excluding hydrogens is 370 g/mol. The van der Waals surface area contributed by atoms with E-state index in [1.165, 1.54) is 17.4 Å². The van der Waals surface area contributed by atoms with Crippen LogP contribution in [0.5, 0.6) is 0 Å². The Bertz CT molecular complexity index is 1110. The molecule has 0 atom stereocenters. The van der Waals surface area contributed by atoms with E-state index in [9.17, 15) is 4.79 Å². The Morgan fingerprint density at radius 3 is 2.92 bits per heavy atom. The highest BCUT2D eigenvalue weighted by Gasteiger charge is 2.10. The van der Waals surface area contributed by atoms with Gasteiger partial charge >= 0.3 is 5.97 Å². The van der Waals surface area contributed by atoms with E-state index in [0.717, 1.165) is 26.3 Å². The first-order chi connectivity index (χ1) is 12.6. The molecule has 0 fully saturated rings. The molecule has 0 saturated carbocycles. The molecule has 130 valence electrons. The first kappa shape index (κ1) is 16.8. The second-order valence-corrected chi connectivity index (χ2v) is 7.18. The Morgan fingerprint density at radius 1 is 1.23 bits per heavy atom. The molecular formula is C19H14ClN3O2S. The van der Waals surface area contributed by atoms with Crippen molar-refractivity contribution in [1.29, 1.82) is 0 Å². The molecule has 0 aliphatic carbocycles. The monoisotopic (exact) mass is 383 g/mol. The highest BCUT2D eigenvalue weighted by atomic mass is 35.5. The lowest BCUT2D eigenvalue weighted by atomic mass is 10.3. The lowest BCUT2D eigenvalue weighted by Gasteiger charge is -2.02. The highest BCUT2D eigenvalue weighted by Crippen LogP contribution is 2.22. The molecule has 4 rings (SSSR count). The normalized spacial score (nSPS) is 11.6. The summed E-state index contributed by atoms with van der Waals surface area (Å²) in [5.41, 5.74) is 2.63. The summed E-state index contributed by atoms with van der Waals surface area (Å²) in [4.78, 5) is 20.9. The summed E-state index contributed by atoms with van der Waals surface area (Å²) in [6.45, 7) is 0.0891. The van der Waals surface area contributed by atoms with Gasteiger partial charge in [0.1, 0.15) is 17.4 Å². The second kappa shape index (κ2) is 6.90. The minimum Gasteiger partial charge on any atom is -0.454 e. The van der Waals surface area contributed by atoms with E-state index in [-0.39, 0.29) is 6.61 Å². The molecule has 2 aromatic carbocycles. The van der Waals surface area contributed by atoms with Gasteiger partial charge < -0.3 is 9.30 Å². The van der Waals surface area contributed by atoms with E-state index in [1.54, 1.807) is 12.1 Å². The molecule has 0 radical (unpaired) electrons. The summed E-state index contributed by atoms with van der Waals surface area (Å²) in [5, 5.41) is 1.39. The standard InChI is InChI=1S/C19H14ClN3O2S/c1-23-15-7-6-12(20)10-14(15)21-17(23)11-25-19(24)9-8-18-22-13-4-2-3-5-16(13)26-18/h2-10H,11H2,1H3/b9-8+. The maximum Gasteiger partial charge on any atom is 0.331 e. The van der Waals surface area contributed by atoms with Gasteiger partial charge in [-0.1, -0.05) is 23.7 Å². The Balaban J connectivity index is 1.44. The number of nitrogens with zero attached hydrogens (tertiary/aromatic N) is 3. The Morgan fingerprint density at radius 2 is 2.08 bits per heavy atom. The van der Waals surface area contributed by atoms with Crippen molar-refractivity contribution in [3.05, 3.63) is 64.4 Å². The number of para-hydroxylation sites is 1. The summed E-state index contributed by atoms with van der Waals surface area (Å²) < 4.78 is 8.27. The van der Waals surface area contributed by atoms with Crippen LogP contribution in [0.25, 0.3) is 27.3 Å². The minimum atomic E-state index is -0.436. The quantitative estimate of drug-likeness (QED) is 0.382. The van der Waals surface area contributed by atoms with Gasteiger partial charge in [0, 0.05) is 18.1 Å². The molecule has 7 heteroatoms. The third-order valence-electron chi connectivity index (χ3n) is 3.95. The topological polar surface area (TPSA) is 57.0 Å². The summed E-state index contributed by atoms with van der Waals surface area (Å²) in [7, 11) is 1.88. The zero-order valence-corrected chi connectivity index (χ0v) is 15.4. The van der Waals surface area contributed by atoms with E-state index < -0.39 is 5.97 Å². The van der Waals surface area contributed by atoms with Crippen LogP contribution in [0.3, 0.4) is 0 Å². The molecule has 4 aromatic rings. The molecule has 0 amide bonds. The van der Waals surface area contributed by atoms with Crippen molar-refractivity contribution in [3.8, 4) is 0 Å². The molecule has 2 heterocycles. The third-order valence-corrected chi connectivity index (χ3v) is 5.19. The zero-order chi connectivity index (χ0) is 18.1. The molecule has 0 saturated heterocycles. The number of carbonyl (C=O) groups excluding carboxylic acids is 1. The number of aromatic nitrogens is 3. The van der Waals surface area contributed by atoms with Gasteiger partial charge in [0.25, 0.3) is 0 Å². The molecule has 0 aliphatic heterocycles.